The van der Waals surface area contributed by atoms with E-state index in [9.17, 15) is 15.2 Å². The molecule has 0 amide bonds. The zero-order valence-electron chi connectivity index (χ0n) is 14.2. The number of aromatic hydroxyl groups is 1. The molecule has 0 aliphatic carbocycles. The van der Waals surface area contributed by atoms with Crippen molar-refractivity contribution in [3.05, 3.63) is 62.9 Å². The minimum Gasteiger partial charge on any atom is -0.500 e. The molecular weight excluding hydrogens is 370 g/mol. The lowest BCUT2D eigenvalue weighted by molar-refractivity contribution is -0.386. The number of hydrogen-bond acceptors (Lipinski definition) is 7. The molecule has 1 heterocycles. The van der Waals surface area contributed by atoms with E-state index in [0.717, 1.165) is 5.56 Å². The van der Waals surface area contributed by atoms with Gasteiger partial charge in [0.05, 0.1) is 17.7 Å². The summed E-state index contributed by atoms with van der Waals surface area (Å²) in [6.45, 7) is 1.96. The molecular formula is C17H15N5O4S. The molecule has 0 fully saturated rings. The lowest BCUT2D eigenvalue weighted by Gasteiger charge is -2.07. The van der Waals surface area contributed by atoms with Gasteiger partial charge in [-0.3, -0.25) is 10.1 Å². The summed E-state index contributed by atoms with van der Waals surface area (Å²) < 4.78 is 6.93. The Bertz CT molecular complexity index is 1060. The molecule has 0 aliphatic heterocycles. The maximum Gasteiger partial charge on any atom is 0.315 e. The van der Waals surface area contributed by atoms with Crippen molar-refractivity contribution >= 4 is 24.1 Å². The number of nitro groups is 1. The molecule has 10 heteroatoms. The lowest BCUT2D eigenvalue weighted by Crippen LogP contribution is -1.99. The van der Waals surface area contributed by atoms with Gasteiger partial charge in [-0.05, 0) is 25.2 Å². The summed E-state index contributed by atoms with van der Waals surface area (Å²) in [5.41, 5.74) is 0.695. The molecule has 3 rings (SSSR count). The van der Waals surface area contributed by atoms with Crippen molar-refractivity contribution in [2.24, 2.45) is 5.10 Å². The van der Waals surface area contributed by atoms with Crippen LogP contribution in [-0.2, 0) is 0 Å². The first-order chi connectivity index (χ1) is 13.0. The van der Waals surface area contributed by atoms with Crippen LogP contribution in [0.3, 0.4) is 0 Å². The zero-order valence-corrected chi connectivity index (χ0v) is 15.0. The minimum absolute atomic E-state index is 0.00669. The average Bonchev–Trinajstić information content (AvgIpc) is 3.03. The number of rotatable bonds is 6. The molecule has 0 bridgehead atoms. The number of aromatic nitrogens is 3. The molecule has 2 N–H and O–H groups in total. The number of phenols is 1. The number of nitrogens with zero attached hydrogens (tertiary/aromatic N) is 4. The van der Waals surface area contributed by atoms with Crippen LogP contribution in [0.15, 0.2) is 47.6 Å². The van der Waals surface area contributed by atoms with Crippen LogP contribution in [0.1, 0.15) is 12.5 Å². The van der Waals surface area contributed by atoms with Gasteiger partial charge in [-0.25, -0.2) is 5.10 Å². The SMILES string of the molecule is CCOc1cc(/C=N\n2c(-c3ccccc3)n[nH]c2=S)cc([N+](=O)[O-])c1O. The van der Waals surface area contributed by atoms with E-state index in [0.29, 0.717) is 11.4 Å². The second-order valence-electron chi connectivity index (χ2n) is 5.35. The monoisotopic (exact) mass is 385 g/mol. The maximum absolute atomic E-state index is 11.2. The molecule has 0 atom stereocenters. The van der Waals surface area contributed by atoms with E-state index >= 15 is 0 Å². The summed E-state index contributed by atoms with van der Waals surface area (Å²) in [5.74, 6) is -0.0220. The Morgan fingerprint density at radius 3 is 2.81 bits per heavy atom. The summed E-state index contributed by atoms with van der Waals surface area (Å²) in [5, 5.41) is 32.2. The fraction of sp³-hybridized carbons (Fsp3) is 0.118. The van der Waals surface area contributed by atoms with Crippen LogP contribution in [0, 0.1) is 14.9 Å². The molecule has 0 aliphatic rings. The number of ether oxygens (including phenoxy) is 1. The Morgan fingerprint density at radius 1 is 1.41 bits per heavy atom. The fourth-order valence-corrected chi connectivity index (χ4v) is 2.57. The first-order valence-electron chi connectivity index (χ1n) is 7.92. The van der Waals surface area contributed by atoms with Crippen LogP contribution in [0.25, 0.3) is 11.4 Å². The summed E-state index contributed by atoms with van der Waals surface area (Å²) in [6.07, 6.45) is 1.38. The van der Waals surface area contributed by atoms with Gasteiger partial charge in [-0.2, -0.15) is 14.9 Å². The third-order valence-electron chi connectivity index (χ3n) is 3.58. The Labute approximate surface area is 158 Å². The Morgan fingerprint density at radius 2 is 2.15 bits per heavy atom. The molecule has 0 unspecified atom stereocenters. The van der Waals surface area contributed by atoms with Crippen molar-refractivity contribution in [2.75, 3.05) is 6.61 Å². The van der Waals surface area contributed by atoms with Crippen molar-refractivity contribution in [3.63, 3.8) is 0 Å². The van der Waals surface area contributed by atoms with Crippen molar-refractivity contribution in [1.29, 1.82) is 0 Å². The van der Waals surface area contributed by atoms with Crippen LogP contribution in [0.5, 0.6) is 11.5 Å². The summed E-state index contributed by atoms with van der Waals surface area (Å²) in [7, 11) is 0. The second kappa shape index (κ2) is 7.79. The molecule has 0 saturated carbocycles. The summed E-state index contributed by atoms with van der Waals surface area (Å²) in [4.78, 5) is 10.5. The van der Waals surface area contributed by atoms with Crippen molar-refractivity contribution in [1.82, 2.24) is 14.9 Å². The number of aromatic amines is 1. The standard InChI is InChI=1S/C17H15N5O4S/c1-2-26-14-9-11(8-13(15(14)23)22(24)25)10-18-21-16(19-20-17(21)27)12-6-4-3-5-7-12/h3-10,23H,2H2,1H3,(H,20,27)/b18-10-. The van der Waals surface area contributed by atoms with Gasteiger partial charge in [-0.1, -0.05) is 30.3 Å². The smallest absolute Gasteiger partial charge is 0.315 e. The summed E-state index contributed by atoms with van der Waals surface area (Å²) >= 11 is 5.20. The number of H-pyrrole nitrogens is 1. The van der Waals surface area contributed by atoms with E-state index in [2.05, 4.69) is 15.3 Å². The van der Waals surface area contributed by atoms with Crippen LogP contribution in [0.2, 0.25) is 0 Å². The molecule has 0 spiro atoms. The van der Waals surface area contributed by atoms with E-state index in [1.54, 1.807) is 6.92 Å². The van der Waals surface area contributed by atoms with Gasteiger partial charge < -0.3 is 9.84 Å². The van der Waals surface area contributed by atoms with Gasteiger partial charge >= 0.3 is 5.69 Å². The van der Waals surface area contributed by atoms with Crippen molar-refractivity contribution in [3.8, 4) is 22.9 Å². The quantitative estimate of drug-likeness (QED) is 0.290. The molecule has 27 heavy (non-hydrogen) atoms. The minimum atomic E-state index is -0.686. The van der Waals surface area contributed by atoms with Crippen LogP contribution in [0.4, 0.5) is 5.69 Å². The predicted molar refractivity (Wildman–Crippen MR) is 102 cm³/mol. The highest BCUT2D eigenvalue weighted by molar-refractivity contribution is 7.71. The first kappa shape index (κ1) is 18.3. The number of phenolic OH excluding ortho intramolecular Hbond substituents is 1. The van der Waals surface area contributed by atoms with Gasteiger partial charge in [0.1, 0.15) is 0 Å². The first-order valence-corrected chi connectivity index (χ1v) is 8.33. The topological polar surface area (TPSA) is 119 Å². The van der Waals surface area contributed by atoms with Gasteiger partial charge in [0.2, 0.25) is 10.5 Å². The second-order valence-corrected chi connectivity index (χ2v) is 5.74. The number of nitro benzene ring substituents is 1. The highest BCUT2D eigenvalue weighted by atomic mass is 32.1. The fourth-order valence-electron chi connectivity index (χ4n) is 2.39. The number of nitrogens with one attached hydrogen (secondary N) is 1. The lowest BCUT2D eigenvalue weighted by atomic mass is 10.2. The van der Waals surface area contributed by atoms with Gasteiger partial charge in [0.25, 0.3) is 0 Å². The highest BCUT2D eigenvalue weighted by Gasteiger charge is 2.19. The number of benzene rings is 2. The molecule has 2 aromatic carbocycles. The molecule has 3 aromatic rings. The molecule has 1 aromatic heterocycles. The Kier molecular flexibility index (Phi) is 5.27. The third kappa shape index (κ3) is 3.85. The van der Waals surface area contributed by atoms with Gasteiger partial charge in [0, 0.05) is 17.2 Å². The molecule has 9 nitrogen and oxygen atoms in total. The van der Waals surface area contributed by atoms with E-state index in [-0.39, 0.29) is 17.1 Å². The van der Waals surface area contributed by atoms with Gasteiger partial charge in [-0.15, -0.1) is 0 Å². The van der Waals surface area contributed by atoms with Crippen LogP contribution < -0.4 is 4.74 Å². The van der Waals surface area contributed by atoms with Crippen LogP contribution in [-0.4, -0.2) is 37.7 Å². The number of hydrogen-bond donors (Lipinski definition) is 2. The third-order valence-corrected chi connectivity index (χ3v) is 3.84. The highest BCUT2D eigenvalue weighted by Crippen LogP contribution is 2.36. The maximum atomic E-state index is 11.2. The largest absolute Gasteiger partial charge is 0.500 e. The Hall–Kier alpha value is -3.53. The van der Waals surface area contributed by atoms with Crippen molar-refractivity contribution < 1.29 is 14.8 Å². The van der Waals surface area contributed by atoms with E-state index in [4.69, 9.17) is 17.0 Å². The molecule has 138 valence electrons. The average molecular weight is 385 g/mol. The Balaban J connectivity index is 2.04. The summed E-state index contributed by atoms with van der Waals surface area (Å²) in [6, 6.07) is 12.0. The van der Waals surface area contributed by atoms with E-state index in [1.807, 2.05) is 30.3 Å². The predicted octanol–water partition coefficient (Wildman–Crippen LogP) is 3.50. The normalized spacial score (nSPS) is 11.0. The van der Waals surface area contributed by atoms with E-state index in [1.165, 1.54) is 23.0 Å². The van der Waals surface area contributed by atoms with E-state index < -0.39 is 16.4 Å². The molecule has 0 radical (unpaired) electrons. The van der Waals surface area contributed by atoms with Crippen molar-refractivity contribution in [2.45, 2.75) is 6.92 Å². The van der Waals surface area contributed by atoms with Gasteiger partial charge in [0.15, 0.2) is 11.6 Å². The molecule has 0 saturated heterocycles. The van der Waals surface area contributed by atoms with Crippen LogP contribution >= 0.6 is 12.2 Å². The zero-order chi connectivity index (χ0) is 19.4.